The number of ether oxygens (including phenoxy) is 1. The Morgan fingerprint density at radius 2 is 2.21 bits per heavy atom. The molecule has 0 saturated carbocycles. The van der Waals surface area contributed by atoms with Crippen LogP contribution in [0.25, 0.3) is 0 Å². The zero-order valence-electron chi connectivity index (χ0n) is 14.4. The predicted molar refractivity (Wildman–Crippen MR) is 88.9 cm³/mol. The summed E-state index contributed by atoms with van der Waals surface area (Å²) in [7, 11) is 1.65. The first kappa shape index (κ1) is 18.4. The maximum Gasteiger partial charge on any atom is 0.225 e. The van der Waals surface area contributed by atoms with Crippen molar-refractivity contribution < 1.29 is 14.3 Å². The van der Waals surface area contributed by atoms with Gasteiger partial charge in [-0.1, -0.05) is 0 Å². The largest absolute Gasteiger partial charge is 0.383 e. The Labute approximate surface area is 142 Å². The lowest BCUT2D eigenvalue weighted by atomic mass is 10.0. The topological polar surface area (TPSA) is 102 Å². The van der Waals surface area contributed by atoms with Crippen LogP contribution in [-0.4, -0.2) is 59.1 Å². The summed E-state index contributed by atoms with van der Waals surface area (Å²) in [4.78, 5) is 30.0. The summed E-state index contributed by atoms with van der Waals surface area (Å²) in [6.45, 7) is 4.15. The molecule has 0 radical (unpaired) electrons. The fourth-order valence-electron chi connectivity index (χ4n) is 2.90. The number of aromatic nitrogens is 2. The first-order valence-electron chi connectivity index (χ1n) is 8.28. The van der Waals surface area contributed by atoms with Crippen molar-refractivity contribution in [2.75, 3.05) is 26.8 Å². The van der Waals surface area contributed by atoms with Gasteiger partial charge in [0.05, 0.1) is 31.1 Å². The van der Waals surface area contributed by atoms with Gasteiger partial charge in [-0.25, -0.2) is 4.98 Å². The van der Waals surface area contributed by atoms with Gasteiger partial charge in [-0.05, 0) is 12.8 Å². The van der Waals surface area contributed by atoms with Gasteiger partial charge in [0, 0.05) is 45.9 Å². The van der Waals surface area contributed by atoms with Crippen LogP contribution >= 0.6 is 0 Å². The minimum atomic E-state index is -0.224. The van der Waals surface area contributed by atoms with Crippen LogP contribution in [0.5, 0.6) is 0 Å². The van der Waals surface area contributed by atoms with E-state index in [1.807, 2.05) is 4.57 Å². The molecular weight excluding hydrogens is 310 g/mol. The monoisotopic (exact) mass is 337 g/mol. The SMILES string of the molecule is COCCn1cncc1CNC(=O)[C@@H]1CC[C@H](N)CN(C(C)=O)C1. The lowest BCUT2D eigenvalue weighted by molar-refractivity contribution is -0.131. The molecule has 3 N–H and O–H groups in total. The number of imidazole rings is 1. The van der Waals surface area contributed by atoms with Crippen LogP contribution in [0.2, 0.25) is 0 Å². The number of carbonyl (C=O) groups excluding carboxylic acids is 2. The van der Waals surface area contributed by atoms with E-state index in [0.717, 1.165) is 12.1 Å². The van der Waals surface area contributed by atoms with Gasteiger partial charge in [0.1, 0.15) is 0 Å². The van der Waals surface area contributed by atoms with Crippen LogP contribution in [-0.2, 0) is 27.4 Å². The Balaban J connectivity index is 1.91. The van der Waals surface area contributed by atoms with Gasteiger partial charge in [-0.3, -0.25) is 9.59 Å². The Kier molecular flexibility index (Phi) is 6.74. The van der Waals surface area contributed by atoms with Crippen molar-refractivity contribution in [1.29, 1.82) is 0 Å². The number of amides is 2. The van der Waals surface area contributed by atoms with Gasteiger partial charge in [0.2, 0.25) is 11.8 Å². The first-order chi connectivity index (χ1) is 11.5. The average Bonchev–Trinajstić information content (AvgIpc) is 2.90. The quantitative estimate of drug-likeness (QED) is 0.744. The number of rotatable bonds is 6. The molecule has 0 bridgehead atoms. The average molecular weight is 337 g/mol. The van der Waals surface area contributed by atoms with Crippen molar-refractivity contribution in [2.24, 2.45) is 11.7 Å². The molecule has 1 fully saturated rings. The third kappa shape index (κ3) is 5.04. The van der Waals surface area contributed by atoms with E-state index in [2.05, 4.69) is 10.3 Å². The van der Waals surface area contributed by atoms with Crippen molar-refractivity contribution in [3.63, 3.8) is 0 Å². The number of nitrogens with zero attached hydrogens (tertiary/aromatic N) is 3. The van der Waals surface area contributed by atoms with E-state index in [-0.39, 0.29) is 23.8 Å². The molecule has 2 amide bonds. The number of nitrogens with two attached hydrogens (primary N) is 1. The maximum atomic E-state index is 12.5. The minimum absolute atomic E-state index is 0.0391. The van der Waals surface area contributed by atoms with E-state index >= 15 is 0 Å². The number of methoxy groups -OCH3 is 1. The molecule has 134 valence electrons. The van der Waals surface area contributed by atoms with Crippen molar-refractivity contribution in [1.82, 2.24) is 19.8 Å². The number of carbonyl (C=O) groups is 2. The summed E-state index contributed by atoms with van der Waals surface area (Å²) < 4.78 is 7.02. The molecule has 0 aromatic carbocycles. The van der Waals surface area contributed by atoms with Crippen molar-refractivity contribution in [3.05, 3.63) is 18.2 Å². The molecule has 2 atom stereocenters. The van der Waals surface area contributed by atoms with Gasteiger partial charge in [-0.2, -0.15) is 0 Å². The number of nitrogens with one attached hydrogen (secondary N) is 1. The van der Waals surface area contributed by atoms with E-state index in [1.165, 1.54) is 6.92 Å². The van der Waals surface area contributed by atoms with Crippen LogP contribution in [0.3, 0.4) is 0 Å². The lowest BCUT2D eigenvalue weighted by Crippen LogP contribution is -2.42. The molecular formula is C16H27N5O3. The van der Waals surface area contributed by atoms with Crippen molar-refractivity contribution >= 4 is 11.8 Å². The molecule has 0 spiro atoms. The van der Waals surface area contributed by atoms with E-state index < -0.39 is 0 Å². The van der Waals surface area contributed by atoms with Gasteiger partial charge in [0.25, 0.3) is 0 Å². The maximum absolute atomic E-state index is 12.5. The second kappa shape index (κ2) is 8.79. The molecule has 1 aliphatic heterocycles. The van der Waals surface area contributed by atoms with Gasteiger partial charge in [-0.15, -0.1) is 0 Å². The molecule has 0 aliphatic carbocycles. The Morgan fingerprint density at radius 1 is 1.42 bits per heavy atom. The molecule has 1 aliphatic rings. The molecule has 8 heteroatoms. The van der Waals surface area contributed by atoms with Crippen LogP contribution in [0.15, 0.2) is 12.5 Å². The molecule has 1 aromatic heterocycles. The summed E-state index contributed by atoms with van der Waals surface area (Å²) >= 11 is 0. The molecule has 24 heavy (non-hydrogen) atoms. The first-order valence-corrected chi connectivity index (χ1v) is 8.28. The van der Waals surface area contributed by atoms with Crippen LogP contribution in [0.4, 0.5) is 0 Å². The molecule has 8 nitrogen and oxygen atoms in total. The highest BCUT2D eigenvalue weighted by Crippen LogP contribution is 2.16. The number of hydrogen-bond donors (Lipinski definition) is 2. The molecule has 1 aromatic rings. The highest BCUT2D eigenvalue weighted by atomic mass is 16.5. The Hall–Kier alpha value is -1.93. The Bertz CT molecular complexity index is 560. The zero-order chi connectivity index (χ0) is 17.5. The van der Waals surface area contributed by atoms with Crippen LogP contribution < -0.4 is 11.1 Å². The molecule has 2 heterocycles. The molecule has 0 unspecified atom stereocenters. The standard InChI is InChI=1S/C16H27N5O3/c1-12(22)21-9-13(3-4-14(17)10-21)16(23)19-8-15-7-18-11-20(15)5-6-24-2/h7,11,13-14H,3-6,8-10,17H2,1-2H3,(H,19,23)/t13-,14+/m1/s1. The summed E-state index contributed by atoms with van der Waals surface area (Å²) in [6.07, 6.45) is 4.90. The molecule has 2 rings (SSSR count). The molecule has 1 saturated heterocycles. The van der Waals surface area contributed by atoms with Gasteiger partial charge in [0.15, 0.2) is 0 Å². The predicted octanol–water partition coefficient (Wildman–Crippen LogP) is -0.268. The lowest BCUT2D eigenvalue weighted by Gasteiger charge is -2.23. The van der Waals surface area contributed by atoms with E-state index in [1.54, 1.807) is 24.5 Å². The van der Waals surface area contributed by atoms with Gasteiger partial charge >= 0.3 is 0 Å². The Morgan fingerprint density at radius 3 is 2.92 bits per heavy atom. The second-order valence-electron chi connectivity index (χ2n) is 6.25. The summed E-state index contributed by atoms with van der Waals surface area (Å²) in [5.41, 5.74) is 6.92. The van der Waals surface area contributed by atoms with Gasteiger partial charge < -0.3 is 25.3 Å². The van der Waals surface area contributed by atoms with E-state index in [9.17, 15) is 9.59 Å². The summed E-state index contributed by atoms with van der Waals surface area (Å²) in [5, 5.41) is 2.95. The van der Waals surface area contributed by atoms with Crippen molar-refractivity contribution in [3.8, 4) is 0 Å². The highest BCUT2D eigenvalue weighted by molar-refractivity contribution is 5.80. The third-order valence-corrected chi connectivity index (χ3v) is 4.38. The zero-order valence-corrected chi connectivity index (χ0v) is 14.4. The number of hydrogen-bond acceptors (Lipinski definition) is 5. The third-order valence-electron chi connectivity index (χ3n) is 4.38. The van der Waals surface area contributed by atoms with Crippen LogP contribution in [0, 0.1) is 5.92 Å². The van der Waals surface area contributed by atoms with E-state index in [4.69, 9.17) is 10.5 Å². The fourth-order valence-corrected chi connectivity index (χ4v) is 2.90. The second-order valence-corrected chi connectivity index (χ2v) is 6.25. The van der Waals surface area contributed by atoms with E-state index in [0.29, 0.717) is 39.2 Å². The minimum Gasteiger partial charge on any atom is -0.383 e. The summed E-state index contributed by atoms with van der Waals surface area (Å²) in [6, 6.07) is -0.0674. The smallest absolute Gasteiger partial charge is 0.225 e. The van der Waals surface area contributed by atoms with Crippen molar-refractivity contribution in [2.45, 2.75) is 38.9 Å². The highest BCUT2D eigenvalue weighted by Gasteiger charge is 2.28. The number of likely N-dealkylation sites (tertiary alicyclic amines) is 1. The normalized spacial score (nSPS) is 21.4. The van der Waals surface area contributed by atoms with Crippen LogP contribution in [0.1, 0.15) is 25.5 Å². The summed E-state index contributed by atoms with van der Waals surface area (Å²) in [5.74, 6) is -0.310. The fraction of sp³-hybridized carbons (Fsp3) is 0.688.